The topological polar surface area (TPSA) is 102 Å². The minimum atomic E-state index is -0.897. The Balaban J connectivity index is 1.94. The van der Waals surface area contributed by atoms with E-state index in [9.17, 15) is 19.8 Å². The number of amides is 2. The Morgan fingerprint density at radius 3 is 2.45 bits per heavy atom. The average Bonchev–Trinajstić information content (AvgIpc) is 3.24. The van der Waals surface area contributed by atoms with Crippen molar-refractivity contribution in [1.29, 1.82) is 0 Å². The zero-order valence-corrected chi connectivity index (χ0v) is 19.9. The highest BCUT2D eigenvalue weighted by Crippen LogP contribution is 2.38. The highest BCUT2D eigenvalue weighted by molar-refractivity contribution is 6.02. The molecule has 7 heteroatoms. The van der Waals surface area contributed by atoms with Crippen molar-refractivity contribution in [2.45, 2.75) is 70.9 Å². The molecule has 0 bridgehead atoms. The molecule has 1 aliphatic rings. The van der Waals surface area contributed by atoms with Gasteiger partial charge < -0.3 is 25.7 Å². The van der Waals surface area contributed by atoms with Gasteiger partial charge in [0.15, 0.2) is 0 Å². The van der Waals surface area contributed by atoms with Crippen LogP contribution in [-0.4, -0.2) is 40.4 Å². The Kier molecular flexibility index (Phi) is 7.64. The molecule has 1 aliphatic heterocycles. The van der Waals surface area contributed by atoms with Gasteiger partial charge in [0.05, 0.1) is 29.4 Å². The van der Waals surface area contributed by atoms with Crippen LogP contribution in [-0.2, 0) is 4.79 Å². The number of carbonyl (C=O) groups excluding carboxylic acids is 1. The molecule has 0 spiro atoms. The van der Waals surface area contributed by atoms with Crippen LogP contribution in [0.2, 0.25) is 0 Å². The third-order valence-electron chi connectivity index (χ3n) is 6.34. The summed E-state index contributed by atoms with van der Waals surface area (Å²) in [4.78, 5) is 26.3. The van der Waals surface area contributed by atoms with Crippen molar-refractivity contribution in [3.05, 3.63) is 53.6 Å². The molecular formula is C26H35N3O4. The molecule has 2 aromatic carbocycles. The van der Waals surface area contributed by atoms with Crippen LogP contribution in [0.4, 0.5) is 21.9 Å². The zero-order chi connectivity index (χ0) is 24.2. The van der Waals surface area contributed by atoms with Gasteiger partial charge in [-0.3, -0.25) is 4.79 Å². The van der Waals surface area contributed by atoms with E-state index in [2.05, 4.69) is 15.5 Å². The summed E-state index contributed by atoms with van der Waals surface area (Å²) in [6.07, 6.45) is 2.51. The third kappa shape index (κ3) is 6.26. The molecule has 4 N–H and O–H groups in total. The van der Waals surface area contributed by atoms with Crippen molar-refractivity contribution in [3.8, 4) is 0 Å². The number of anilines is 3. The molecule has 7 nitrogen and oxygen atoms in total. The maximum Gasteiger partial charge on any atom is 0.323 e. The van der Waals surface area contributed by atoms with Gasteiger partial charge in [0.2, 0.25) is 0 Å². The fourth-order valence-corrected chi connectivity index (χ4v) is 4.58. The largest absolute Gasteiger partial charge is 0.481 e. The Hall–Kier alpha value is -3.06. The number of hydrogen-bond acceptors (Lipinski definition) is 4. The van der Waals surface area contributed by atoms with Crippen LogP contribution >= 0.6 is 0 Å². The summed E-state index contributed by atoms with van der Waals surface area (Å²) < 4.78 is 0. The van der Waals surface area contributed by atoms with E-state index in [1.807, 2.05) is 70.2 Å². The number of rotatable bonds is 8. The molecular weight excluding hydrogens is 418 g/mol. The fraction of sp³-hybridized carbons (Fsp3) is 0.462. The van der Waals surface area contributed by atoms with Crippen molar-refractivity contribution in [1.82, 2.24) is 0 Å². The Morgan fingerprint density at radius 1 is 1.15 bits per heavy atom. The second kappa shape index (κ2) is 10.3. The number of carbonyl (C=O) groups is 2. The maximum absolute atomic E-state index is 12.9. The van der Waals surface area contributed by atoms with E-state index in [0.717, 1.165) is 36.2 Å². The number of carboxylic acid groups (broad SMARTS) is 1. The number of aliphatic hydroxyl groups is 1. The van der Waals surface area contributed by atoms with E-state index < -0.39 is 11.6 Å². The van der Waals surface area contributed by atoms with Crippen LogP contribution in [0.5, 0.6) is 0 Å². The van der Waals surface area contributed by atoms with Gasteiger partial charge in [-0.2, -0.15) is 0 Å². The first-order valence-corrected chi connectivity index (χ1v) is 11.6. The molecule has 0 aromatic heterocycles. The summed E-state index contributed by atoms with van der Waals surface area (Å²) in [5, 5.41) is 25.9. The lowest BCUT2D eigenvalue weighted by Crippen LogP contribution is -2.46. The summed E-state index contributed by atoms with van der Waals surface area (Å²) >= 11 is 0. The second-order valence-corrected chi connectivity index (χ2v) is 9.43. The number of aliphatic carboxylic acids is 1. The molecule has 2 atom stereocenters. The summed E-state index contributed by atoms with van der Waals surface area (Å²) in [6, 6.07) is 12.8. The average molecular weight is 454 g/mol. The van der Waals surface area contributed by atoms with Gasteiger partial charge in [-0.1, -0.05) is 30.7 Å². The van der Waals surface area contributed by atoms with Crippen LogP contribution in [0, 0.1) is 6.92 Å². The van der Waals surface area contributed by atoms with E-state index >= 15 is 0 Å². The molecule has 1 fully saturated rings. The van der Waals surface area contributed by atoms with E-state index in [1.54, 1.807) is 0 Å². The summed E-state index contributed by atoms with van der Waals surface area (Å²) in [5.41, 5.74) is 3.19. The Morgan fingerprint density at radius 2 is 1.85 bits per heavy atom. The van der Waals surface area contributed by atoms with E-state index in [-0.39, 0.29) is 24.4 Å². The first-order chi connectivity index (χ1) is 15.6. The molecule has 1 saturated heterocycles. The highest BCUT2D eigenvalue weighted by atomic mass is 16.4. The predicted molar refractivity (Wildman–Crippen MR) is 132 cm³/mol. The number of urea groups is 1. The van der Waals surface area contributed by atoms with E-state index in [1.165, 1.54) is 0 Å². The molecule has 2 amide bonds. The van der Waals surface area contributed by atoms with Crippen LogP contribution in [0.25, 0.3) is 0 Å². The molecule has 0 saturated carbocycles. The predicted octanol–water partition coefficient (Wildman–Crippen LogP) is 5.35. The second-order valence-electron chi connectivity index (χ2n) is 9.43. The molecule has 2 aromatic rings. The first kappa shape index (κ1) is 24.6. The summed E-state index contributed by atoms with van der Waals surface area (Å²) in [7, 11) is 0. The maximum atomic E-state index is 12.9. The molecule has 0 radical (unpaired) electrons. The Labute approximate surface area is 195 Å². The SMILES string of the molecule is CC[C@H](CC(=O)O)c1ccc(N2CCCC2C(C)(C)O)c(NC(=O)Nc2ccc(C)cc2)c1. The monoisotopic (exact) mass is 453 g/mol. The molecule has 1 heterocycles. The highest BCUT2D eigenvalue weighted by Gasteiger charge is 2.37. The van der Waals surface area contributed by atoms with Gasteiger partial charge in [-0.15, -0.1) is 0 Å². The van der Waals surface area contributed by atoms with Crippen molar-refractivity contribution in [3.63, 3.8) is 0 Å². The Bertz CT molecular complexity index is 982. The molecule has 0 aliphatic carbocycles. The number of carboxylic acids is 1. The van der Waals surface area contributed by atoms with Crippen molar-refractivity contribution in [2.24, 2.45) is 0 Å². The summed E-state index contributed by atoms with van der Waals surface area (Å²) in [6.45, 7) is 8.33. The smallest absolute Gasteiger partial charge is 0.323 e. The number of nitrogens with zero attached hydrogens (tertiary/aromatic N) is 1. The first-order valence-electron chi connectivity index (χ1n) is 11.6. The zero-order valence-electron chi connectivity index (χ0n) is 19.9. The van der Waals surface area contributed by atoms with Gasteiger partial charge in [0.25, 0.3) is 0 Å². The molecule has 1 unspecified atom stereocenters. The third-order valence-corrected chi connectivity index (χ3v) is 6.34. The van der Waals surface area contributed by atoms with Crippen LogP contribution in [0.1, 0.15) is 63.5 Å². The van der Waals surface area contributed by atoms with Crippen molar-refractivity contribution >= 4 is 29.1 Å². The normalized spacial score (nSPS) is 17.0. The van der Waals surface area contributed by atoms with Crippen LogP contribution in [0.15, 0.2) is 42.5 Å². The van der Waals surface area contributed by atoms with Crippen LogP contribution < -0.4 is 15.5 Å². The number of benzene rings is 2. The van der Waals surface area contributed by atoms with Crippen LogP contribution in [0.3, 0.4) is 0 Å². The number of hydrogen-bond donors (Lipinski definition) is 4. The van der Waals surface area contributed by atoms with Crippen molar-refractivity contribution in [2.75, 3.05) is 22.1 Å². The number of aryl methyl sites for hydroxylation is 1. The van der Waals surface area contributed by atoms with E-state index in [0.29, 0.717) is 17.8 Å². The minimum Gasteiger partial charge on any atom is -0.481 e. The van der Waals surface area contributed by atoms with E-state index in [4.69, 9.17) is 0 Å². The fourth-order valence-electron chi connectivity index (χ4n) is 4.58. The van der Waals surface area contributed by atoms with Crippen molar-refractivity contribution < 1.29 is 19.8 Å². The lowest BCUT2D eigenvalue weighted by Gasteiger charge is -2.36. The molecule has 3 rings (SSSR count). The number of nitrogens with one attached hydrogen (secondary N) is 2. The molecule has 178 valence electrons. The van der Waals surface area contributed by atoms with Gasteiger partial charge in [-0.25, -0.2) is 4.79 Å². The lowest BCUT2D eigenvalue weighted by molar-refractivity contribution is -0.137. The van der Waals surface area contributed by atoms with Gasteiger partial charge in [-0.05, 0) is 75.8 Å². The van der Waals surface area contributed by atoms with Gasteiger partial charge >= 0.3 is 12.0 Å². The van der Waals surface area contributed by atoms with Gasteiger partial charge in [0, 0.05) is 12.2 Å². The quantitative estimate of drug-likeness (QED) is 0.432. The summed E-state index contributed by atoms with van der Waals surface area (Å²) in [5.74, 6) is -1.000. The standard InChI is InChI=1S/C26H35N3O4/c1-5-18(16-24(30)31)19-10-13-22(29-14-6-7-23(29)26(3,4)33)21(15-19)28-25(32)27-20-11-8-17(2)9-12-20/h8-13,15,18,23,33H,5-7,14,16H2,1-4H3,(H,30,31)(H2,27,28,32)/t18-,23?/m1/s1. The van der Waals surface area contributed by atoms with Gasteiger partial charge in [0.1, 0.15) is 0 Å². The molecule has 33 heavy (non-hydrogen) atoms. The minimum absolute atomic E-state index is 0.0286. The lowest BCUT2D eigenvalue weighted by atomic mass is 9.92.